The van der Waals surface area contributed by atoms with Crippen LogP contribution in [0.1, 0.15) is 44.6 Å². The van der Waals surface area contributed by atoms with E-state index in [2.05, 4.69) is 24.1 Å². The van der Waals surface area contributed by atoms with Gasteiger partial charge in [-0.3, -0.25) is 4.79 Å². The van der Waals surface area contributed by atoms with Gasteiger partial charge in [0, 0.05) is 19.2 Å². The van der Waals surface area contributed by atoms with Gasteiger partial charge in [0.15, 0.2) is 0 Å². The number of alkyl halides is 1. The Morgan fingerprint density at radius 2 is 2.15 bits per heavy atom. The molecule has 1 aromatic rings. The Kier molecular flexibility index (Phi) is 7.63. The van der Waals surface area contributed by atoms with Crippen LogP contribution < -0.4 is 5.32 Å². The van der Waals surface area contributed by atoms with Crippen LogP contribution in [-0.2, 0) is 4.79 Å². The van der Waals surface area contributed by atoms with Crippen molar-refractivity contribution in [3.63, 3.8) is 0 Å². The Morgan fingerprint density at radius 3 is 2.75 bits per heavy atom. The maximum absolute atomic E-state index is 11.1. The first-order valence-corrected chi connectivity index (χ1v) is 7.74. The minimum atomic E-state index is -0.0635. The minimum absolute atomic E-state index is 0.0551. The molecule has 4 heteroatoms. The Hall–Kier alpha value is -1.06. The SMILES string of the molecule is CCCCN(CC)CC(Cl)c1cccc(NC(C)=O)c1. The first-order valence-electron chi connectivity index (χ1n) is 7.30. The van der Waals surface area contributed by atoms with Crippen molar-refractivity contribution in [1.29, 1.82) is 0 Å². The standard InChI is InChI=1S/C16H25ClN2O/c1-4-6-10-19(5-2)12-16(17)14-8-7-9-15(11-14)18-13(3)20/h7-9,11,16H,4-6,10,12H2,1-3H3,(H,18,20). The molecule has 0 aliphatic rings. The number of nitrogens with zero attached hydrogens (tertiary/aromatic N) is 1. The van der Waals surface area contributed by atoms with Crippen LogP contribution in [0.5, 0.6) is 0 Å². The number of hydrogen-bond donors (Lipinski definition) is 1. The van der Waals surface area contributed by atoms with Crippen LogP contribution in [-0.4, -0.2) is 30.4 Å². The third-order valence-corrected chi connectivity index (χ3v) is 3.65. The Balaban J connectivity index is 2.65. The highest BCUT2D eigenvalue weighted by Crippen LogP contribution is 2.24. The summed E-state index contributed by atoms with van der Waals surface area (Å²) in [5, 5.41) is 2.74. The zero-order valence-corrected chi connectivity index (χ0v) is 13.4. The predicted molar refractivity (Wildman–Crippen MR) is 86.4 cm³/mol. The molecule has 20 heavy (non-hydrogen) atoms. The molecule has 0 aromatic heterocycles. The van der Waals surface area contributed by atoms with Crippen molar-refractivity contribution in [2.45, 2.75) is 39.0 Å². The molecule has 112 valence electrons. The van der Waals surface area contributed by atoms with Crippen LogP contribution in [0, 0.1) is 0 Å². The van der Waals surface area contributed by atoms with Crippen LogP contribution >= 0.6 is 11.6 Å². The summed E-state index contributed by atoms with van der Waals surface area (Å²) in [5.41, 5.74) is 1.85. The van der Waals surface area contributed by atoms with Gasteiger partial charge < -0.3 is 10.2 Å². The summed E-state index contributed by atoms with van der Waals surface area (Å²) in [5.74, 6) is -0.0635. The quantitative estimate of drug-likeness (QED) is 0.734. The van der Waals surface area contributed by atoms with Gasteiger partial charge in [0.05, 0.1) is 5.38 Å². The molecule has 1 rings (SSSR count). The van der Waals surface area contributed by atoms with Crippen molar-refractivity contribution in [2.75, 3.05) is 25.0 Å². The van der Waals surface area contributed by atoms with Gasteiger partial charge in [-0.05, 0) is 37.2 Å². The van der Waals surface area contributed by atoms with Crippen LogP contribution in [0.2, 0.25) is 0 Å². The van der Waals surface area contributed by atoms with E-state index in [-0.39, 0.29) is 11.3 Å². The van der Waals surface area contributed by atoms with E-state index >= 15 is 0 Å². The molecule has 0 fully saturated rings. The molecule has 0 spiro atoms. The topological polar surface area (TPSA) is 32.3 Å². The van der Waals surface area contributed by atoms with Crippen molar-refractivity contribution < 1.29 is 4.79 Å². The number of carbonyl (C=O) groups excluding carboxylic acids is 1. The molecule has 0 saturated carbocycles. The predicted octanol–water partition coefficient (Wildman–Crippen LogP) is 4.05. The van der Waals surface area contributed by atoms with Crippen molar-refractivity contribution in [3.8, 4) is 0 Å². The Bertz CT molecular complexity index is 423. The van der Waals surface area contributed by atoms with Crippen molar-refractivity contribution in [2.24, 2.45) is 0 Å². The molecular weight excluding hydrogens is 272 g/mol. The molecule has 1 unspecified atom stereocenters. The van der Waals surface area contributed by atoms with E-state index in [0.717, 1.165) is 30.9 Å². The van der Waals surface area contributed by atoms with Gasteiger partial charge in [-0.15, -0.1) is 11.6 Å². The van der Waals surface area contributed by atoms with E-state index in [9.17, 15) is 4.79 Å². The first kappa shape index (κ1) is 17.0. The molecular formula is C16H25ClN2O. The highest BCUT2D eigenvalue weighted by molar-refractivity contribution is 6.21. The van der Waals surface area contributed by atoms with Gasteiger partial charge in [-0.1, -0.05) is 32.4 Å². The number of nitrogens with one attached hydrogen (secondary N) is 1. The maximum Gasteiger partial charge on any atom is 0.221 e. The van der Waals surface area contributed by atoms with Gasteiger partial charge in [-0.25, -0.2) is 0 Å². The molecule has 1 amide bonds. The number of benzene rings is 1. The van der Waals surface area contributed by atoms with E-state index in [1.165, 1.54) is 19.8 Å². The average molecular weight is 297 g/mol. The van der Waals surface area contributed by atoms with Crippen molar-refractivity contribution in [3.05, 3.63) is 29.8 Å². The van der Waals surface area contributed by atoms with Crippen LogP contribution in [0.15, 0.2) is 24.3 Å². The summed E-state index contributed by atoms with van der Waals surface area (Å²) in [6.45, 7) is 8.79. The third kappa shape index (κ3) is 5.93. The minimum Gasteiger partial charge on any atom is -0.326 e. The highest BCUT2D eigenvalue weighted by Gasteiger charge is 2.13. The fraction of sp³-hybridized carbons (Fsp3) is 0.562. The second kappa shape index (κ2) is 8.98. The van der Waals surface area contributed by atoms with Gasteiger partial charge in [0.1, 0.15) is 0 Å². The second-order valence-corrected chi connectivity index (χ2v) is 5.55. The Labute approximate surface area is 127 Å². The lowest BCUT2D eigenvalue weighted by atomic mass is 10.1. The summed E-state index contributed by atoms with van der Waals surface area (Å²) < 4.78 is 0. The lowest BCUT2D eigenvalue weighted by Gasteiger charge is -2.23. The van der Waals surface area contributed by atoms with E-state index in [1.54, 1.807) is 0 Å². The number of likely N-dealkylation sites (N-methyl/N-ethyl adjacent to an activating group) is 1. The van der Waals surface area contributed by atoms with Gasteiger partial charge in [0.25, 0.3) is 0 Å². The average Bonchev–Trinajstić information content (AvgIpc) is 2.42. The normalized spacial score (nSPS) is 12.4. The van der Waals surface area contributed by atoms with Crippen LogP contribution in [0.4, 0.5) is 5.69 Å². The van der Waals surface area contributed by atoms with E-state index in [4.69, 9.17) is 11.6 Å². The van der Waals surface area contributed by atoms with E-state index < -0.39 is 0 Å². The lowest BCUT2D eigenvalue weighted by molar-refractivity contribution is -0.114. The summed E-state index contributed by atoms with van der Waals surface area (Å²) >= 11 is 6.51. The molecule has 0 aliphatic carbocycles. The number of anilines is 1. The zero-order valence-electron chi connectivity index (χ0n) is 12.7. The first-order chi connectivity index (χ1) is 9.56. The van der Waals surface area contributed by atoms with Crippen molar-refractivity contribution >= 4 is 23.2 Å². The third-order valence-electron chi connectivity index (χ3n) is 3.26. The summed E-state index contributed by atoms with van der Waals surface area (Å²) in [4.78, 5) is 13.5. The molecule has 1 aromatic carbocycles. The number of amides is 1. The Morgan fingerprint density at radius 1 is 1.40 bits per heavy atom. The fourth-order valence-electron chi connectivity index (χ4n) is 2.11. The molecule has 3 nitrogen and oxygen atoms in total. The molecule has 1 atom stereocenters. The van der Waals surface area contributed by atoms with Gasteiger partial charge >= 0.3 is 0 Å². The second-order valence-electron chi connectivity index (χ2n) is 5.02. The number of rotatable bonds is 8. The van der Waals surface area contributed by atoms with Gasteiger partial charge in [-0.2, -0.15) is 0 Å². The molecule has 0 saturated heterocycles. The van der Waals surface area contributed by atoms with Crippen LogP contribution in [0.3, 0.4) is 0 Å². The molecule has 1 N–H and O–H groups in total. The monoisotopic (exact) mass is 296 g/mol. The molecule has 0 heterocycles. The number of unbranched alkanes of at least 4 members (excludes halogenated alkanes) is 1. The number of carbonyl (C=O) groups is 1. The van der Waals surface area contributed by atoms with Crippen molar-refractivity contribution in [1.82, 2.24) is 4.90 Å². The van der Waals surface area contributed by atoms with Crippen LogP contribution in [0.25, 0.3) is 0 Å². The number of hydrogen-bond acceptors (Lipinski definition) is 2. The maximum atomic E-state index is 11.1. The van der Waals surface area contributed by atoms with Gasteiger partial charge in [0.2, 0.25) is 5.91 Å². The molecule has 0 radical (unpaired) electrons. The fourth-order valence-corrected chi connectivity index (χ4v) is 2.44. The zero-order chi connectivity index (χ0) is 15.0. The largest absolute Gasteiger partial charge is 0.326 e. The highest BCUT2D eigenvalue weighted by atomic mass is 35.5. The smallest absolute Gasteiger partial charge is 0.221 e. The lowest BCUT2D eigenvalue weighted by Crippen LogP contribution is -2.28. The van der Waals surface area contributed by atoms with E-state index in [1.807, 2.05) is 24.3 Å². The summed E-state index contributed by atoms with van der Waals surface area (Å²) in [7, 11) is 0. The summed E-state index contributed by atoms with van der Waals surface area (Å²) in [6, 6.07) is 7.77. The molecule has 0 bridgehead atoms. The van der Waals surface area contributed by atoms with E-state index in [0.29, 0.717) is 0 Å². The number of halogens is 1. The summed E-state index contributed by atoms with van der Waals surface area (Å²) in [6.07, 6.45) is 2.39. The molecule has 0 aliphatic heterocycles.